The lowest BCUT2D eigenvalue weighted by Crippen LogP contribution is -2.30. The average molecular weight is 324 g/mol. The number of carbonyl (C=O) groups is 3. The largest absolute Gasteiger partial charge is 0.463 e. The van der Waals surface area contributed by atoms with Crippen LogP contribution in [-0.4, -0.2) is 30.4 Å². The summed E-state index contributed by atoms with van der Waals surface area (Å²) >= 11 is 1.57. The Kier molecular flexibility index (Phi) is 5.71. The van der Waals surface area contributed by atoms with E-state index in [1.807, 2.05) is 18.4 Å². The van der Waals surface area contributed by atoms with Crippen molar-refractivity contribution in [3.8, 4) is 0 Å². The zero-order valence-electron chi connectivity index (χ0n) is 12.8. The Bertz CT molecular complexity index is 563. The van der Waals surface area contributed by atoms with Gasteiger partial charge >= 0.3 is 11.9 Å². The number of aryl methyl sites for hydroxylation is 1. The predicted molar refractivity (Wildman–Crippen MR) is 81.9 cm³/mol. The lowest BCUT2D eigenvalue weighted by molar-refractivity contribution is -0.167. The van der Waals surface area contributed by atoms with Gasteiger partial charge in [-0.1, -0.05) is 6.92 Å². The van der Waals surface area contributed by atoms with Crippen LogP contribution in [0.15, 0.2) is 11.4 Å². The third kappa shape index (κ3) is 3.94. The van der Waals surface area contributed by atoms with Crippen LogP contribution in [0.4, 0.5) is 0 Å². The maximum absolute atomic E-state index is 12.3. The fourth-order valence-corrected chi connectivity index (χ4v) is 3.32. The van der Waals surface area contributed by atoms with Gasteiger partial charge in [0.1, 0.15) is 0 Å². The number of ketones is 1. The number of ether oxygens (including phenoxy) is 2. The van der Waals surface area contributed by atoms with Crippen molar-refractivity contribution < 1.29 is 23.9 Å². The van der Waals surface area contributed by atoms with Gasteiger partial charge in [0.2, 0.25) is 0 Å². The normalized spacial score (nSPS) is 18.5. The zero-order chi connectivity index (χ0) is 16.1. The molecule has 0 spiro atoms. The highest BCUT2D eigenvalue weighted by Gasteiger charge is 2.31. The first kappa shape index (κ1) is 16.7. The lowest BCUT2D eigenvalue weighted by atomic mass is 9.85. The van der Waals surface area contributed by atoms with Gasteiger partial charge in [-0.3, -0.25) is 9.59 Å². The SMILES string of the molecule is CCCOC(=O)[C@H](C)OC(=O)CC1CCc2sccc2C1=O. The Morgan fingerprint density at radius 2 is 2.23 bits per heavy atom. The highest BCUT2D eigenvalue weighted by Crippen LogP contribution is 2.31. The molecule has 0 aromatic carbocycles. The number of Topliss-reactive ketones (excluding diaryl/α,β-unsaturated/α-hetero) is 1. The summed E-state index contributed by atoms with van der Waals surface area (Å²) in [5, 5.41) is 1.90. The topological polar surface area (TPSA) is 69.7 Å². The second-order valence-corrected chi connectivity index (χ2v) is 6.36. The summed E-state index contributed by atoms with van der Waals surface area (Å²) in [5.74, 6) is -1.43. The van der Waals surface area contributed by atoms with E-state index in [0.717, 1.165) is 16.9 Å². The zero-order valence-corrected chi connectivity index (χ0v) is 13.6. The molecule has 22 heavy (non-hydrogen) atoms. The maximum atomic E-state index is 12.3. The molecule has 120 valence electrons. The molecule has 0 bridgehead atoms. The smallest absolute Gasteiger partial charge is 0.347 e. The van der Waals surface area contributed by atoms with Crippen molar-refractivity contribution in [1.29, 1.82) is 0 Å². The molecule has 0 fully saturated rings. The van der Waals surface area contributed by atoms with Gasteiger partial charge in [0.05, 0.1) is 13.0 Å². The van der Waals surface area contributed by atoms with Gasteiger partial charge < -0.3 is 9.47 Å². The summed E-state index contributed by atoms with van der Waals surface area (Å²) in [6, 6.07) is 1.81. The van der Waals surface area contributed by atoms with Gasteiger partial charge in [-0.05, 0) is 37.6 Å². The van der Waals surface area contributed by atoms with Crippen molar-refractivity contribution in [2.75, 3.05) is 6.61 Å². The van der Waals surface area contributed by atoms with E-state index in [0.29, 0.717) is 19.4 Å². The van der Waals surface area contributed by atoms with Crippen LogP contribution in [0.2, 0.25) is 0 Å². The molecule has 1 unspecified atom stereocenters. The quantitative estimate of drug-likeness (QED) is 0.753. The molecule has 1 heterocycles. The second kappa shape index (κ2) is 7.54. The fourth-order valence-electron chi connectivity index (χ4n) is 2.42. The van der Waals surface area contributed by atoms with Crippen LogP contribution in [0.1, 0.15) is 48.3 Å². The molecule has 0 radical (unpaired) electrons. The van der Waals surface area contributed by atoms with E-state index in [4.69, 9.17) is 9.47 Å². The van der Waals surface area contributed by atoms with Gasteiger partial charge in [0.15, 0.2) is 11.9 Å². The van der Waals surface area contributed by atoms with E-state index in [2.05, 4.69) is 0 Å². The highest BCUT2D eigenvalue weighted by molar-refractivity contribution is 7.10. The van der Waals surface area contributed by atoms with E-state index in [1.54, 1.807) is 11.3 Å². The number of esters is 2. The molecule has 1 aliphatic carbocycles. The van der Waals surface area contributed by atoms with Crippen LogP contribution in [0, 0.1) is 5.92 Å². The molecule has 5 nitrogen and oxygen atoms in total. The van der Waals surface area contributed by atoms with E-state index >= 15 is 0 Å². The van der Waals surface area contributed by atoms with Gasteiger partial charge in [0.25, 0.3) is 0 Å². The molecular weight excluding hydrogens is 304 g/mol. The molecule has 1 aliphatic rings. The Labute approximate surface area is 133 Å². The molecule has 0 amide bonds. The third-order valence-corrected chi connectivity index (χ3v) is 4.58. The number of thiophene rings is 1. The van der Waals surface area contributed by atoms with Crippen LogP contribution >= 0.6 is 11.3 Å². The van der Waals surface area contributed by atoms with E-state index in [1.165, 1.54) is 6.92 Å². The molecule has 0 N–H and O–H groups in total. The first-order valence-electron chi connectivity index (χ1n) is 7.49. The summed E-state index contributed by atoms with van der Waals surface area (Å²) in [7, 11) is 0. The summed E-state index contributed by atoms with van der Waals surface area (Å²) in [6.07, 6.45) is 1.25. The van der Waals surface area contributed by atoms with Crippen LogP contribution in [-0.2, 0) is 25.5 Å². The van der Waals surface area contributed by atoms with Crippen molar-refractivity contribution >= 4 is 29.1 Å². The number of rotatable bonds is 6. The van der Waals surface area contributed by atoms with Crippen LogP contribution in [0.3, 0.4) is 0 Å². The van der Waals surface area contributed by atoms with Crippen molar-refractivity contribution in [3.63, 3.8) is 0 Å². The first-order chi connectivity index (χ1) is 10.5. The minimum Gasteiger partial charge on any atom is -0.463 e. The molecule has 0 aliphatic heterocycles. The van der Waals surface area contributed by atoms with E-state index in [9.17, 15) is 14.4 Å². The summed E-state index contributed by atoms with van der Waals surface area (Å²) in [5.41, 5.74) is 0.726. The van der Waals surface area contributed by atoms with E-state index in [-0.39, 0.29) is 18.1 Å². The molecule has 0 saturated carbocycles. The van der Waals surface area contributed by atoms with Crippen molar-refractivity contribution in [2.45, 2.75) is 45.6 Å². The maximum Gasteiger partial charge on any atom is 0.347 e. The summed E-state index contributed by atoms with van der Waals surface area (Å²) in [6.45, 7) is 3.68. The monoisotopic (exact) mass is 324 g/mol. The highest BCUT2D eigenvalue weighted by atomic mass is 32.1. The molecule has 2 atom stereocenters. The van der Waals surface area contributed by atoms with Gasteiger partial charge in [-0.15, -0.1) is 11.3 Å². The lowest BCUT2D eigenvalue weighted by Gasteiger charge is -2.20. The summed E-state index contributed by atoms with van der Waals surface area (Å²) in [4.78, 5) is 36.8. The standard InChI is InChI=1S/C16H20O5S/c1-3-7-20-16(19)10(2)21-14(17)9-11-4-5-13-12(15(11)18)6-8-22-13/h6,8,10-11H,3-5,7,9H2,1-2H3/t10-,11?/m0/s1. The van der Waals surface area contributed by atoms with Gasteiger partial charge in [-0.2, -0.15) is 0 Å². The average Bonchev–Trinajstić information content (AvgIpc) is 2.96. The molecule has 2 rings (SSSR count). The van der Waals surface area contributed by atoms with Crippen LogP contribution in [0.25, 0.3) is 0 Å². The summed E-state index contributed by atoms with van der Waals surface area (Å²) < 4.78 is 9.99. The Balaban J connectivity index is 1.85. The van der Waals surface area contributed by atoms with Crippen molar-refractivity contribution in [3.05, 3.63) is 21.9 Å². The first-order valence-corrected chi connectivity index (χ1v) is 8.37. The van der Waals surface area contributed by atoms with Crippen LogP contribution in [0.5, 0.6) is 0 Å². The van der Waals surface area contributed by atoms with Crippen LogP contribution < -0.4 is 0 Å². The third-order valence-electron chi connectivity index (χ3n) is 3.60. The Morgan fingerprint density at radius 3 is 2.95 bits per heavy atom. The molecule has 6 heteroatoms. The van der Waals surface area contributed by atoms with Crippen molar-refractivity contribution in [2.24, 2.45) is 5.92 Å². The minimum absolute atomic E-state index is 0.000613. The minimum atomic E-state index is -0.936. The molecule has 1 aromatic rings. The predicted octanol–water partition coefficient (Wildman–Crippen LogP) is 2.77. The fraction of sp³-hybridized carbons (Fsp3) is 0.562. The molecule has 1 aromatic heterocycles. The van der Waals surface area contributed by atoms with Crippen molar-refractivity contribution in [1.82, 2.24) is 0 Å². The number of fused-ring (bicyclic) bond motifs is 1. The number of hydrogen-bond acceptors (Lipinski definition) is 6. The number of hydrogen-bond donors (Lipinski definition) is 0. The molecular formula is C16H20O5S. The Morgan fingerprint density at radius 1 is 1.45 bits per heavy atom. The second-order valence-electron chi connectivity index (χ2n) is 5.36. The molecule has 0 saturated heterocycles. The van der Waals surface area contributed by atoms with Gasteiger partial charge in [-0.25, -0.2) is 4.79 Å². The van der Waals surface area contributed by atoms with Gasteiger partial charge in [0, 0.05) is 16.4 Å². The van der Waals surface area contributed by atoms with E-state index < -0.39 is 18.0 Å². The number of carbonyl (C=O) groups excluding carboxylic acids is 3. The Hall–Kier alpha value is -1.69.